The normalized spacial score (nSPS) is 14.2. The van der Waals surface area contributed by atoms with Crippen LogP contribution < -0.4 is 5.32 Å². The van der Waals surface area contributed by atoms with Crippen molar-refractivity contribution in [1.82, 2.24) is 10.3 Å². The van der Waals surface area contributed by atoms with E-state index in [2.05, 4.69) is 16.4 Å². The third kappa shape index (κ3) is 2.77. The Hall–Kier alpha value is -2.48. The molecule has 0 saturated heterocycles. The Bertz CT molecular complexity index is 774. The first kappa shape index (κ1) is 15.9. The van der Waals surface area contributed by atoms with E-state index in [9.17, 15) is 14.4 Å². The highest BCUT2D eigenvalue weighted by atomic mass is 19.1. The highest BCUT2D eigenvalue weighted by Crippen LogP contribution is 2.30. The number of amides is 1. The Morgan fingerprint density at radius 1 is 1.32 bits per heavy atom. The van der Waals surface area contributed by atoms with Crippen LogP contribution >= 0.6 is 0 Å². The standard InChI is InChI=1S/C17H18FN3O/c1-16(2,3)17(4,10-19)21-15(22)13-9-12(18)8-11-6-5-7-20-14(11)13/h5-9H,1-4H3,(H,21,22)/t17-/m0/s1. The maximum absolute atomic E-state index is 13.7. The van der Waals surface area contributed by atoms with Crippen LogP contribution in [0, 0.1) is 22.6 Å². The van der Waals surface area contributed by atoms with Gasteiger partial charge in [-0.3, -0.25) is 9.78 Å². The molecule has 0 spiro atoms. The molecule has 0 aliphatic rings. The van der Waals surface area contributed by atoms with Gasteiger partial charge in [0.2, 0.25) is 0 Å². The molecule has 2 aromatic rings. The third-order valence-corrected chi connectivity index (χ3v) is 4.00. The predicted octanol–water partition coefficient (Wildman–Crippen LogP) is 3.43. The van der Waals surface area contributed by atoms with Crippen LogP contribution in [-0.2, 0) is 0 Å². The summed E-state index contributed by atoms with van der Waals surface area (Å²) in [5.41, 5.74) is -1.03. The van der Waals surface area contributed by atoms with E-state index in [0.717, 1.165) is 6.07 Å². The van der Waals surface area contributed by atoms with Crippen molar-refractivity contribution >= 4 is 16.8 Å². The van der Waals surface area contributed by atoms with Gasteiger partial charge in [0.25, 0.3) is 5.91 Å². The molecule has 0 aliphatic heterocycles. The molecule has 0 radical (unpaired) electrons. The number of hydrogen-bond donors (Lipinski definition) is 1. The van der Waals surface area contributed by atoms with Crippen LogP contribution in [0.25, 0.3) is 10.9 Å². The molecule has 1 aromatic carbocycles. The molecule has 0 bridgehead atoms. The van der Waals surface area contributed by atoms with E-state index in [0.29, 0.717) is 10.9 Å². The Balaban J connectivity index is 2.49. The highest BCUT2D eigenvalue weighted by Gasteiger charge is 2.39. The Labute approximate surface area is 129 Å². The molecule has 22 heavy (non-hydrogen) atoms. The van der Waals surface area contributed by atoms with Crippen LogP contribution in [0.4, 0.5) is 4.39 Å². The first-order chi connectivity index (χ1) is 10.2. The number of carbonyl (C=O) groups excluding carboxylic acids is 1. The minimum atomic E-state index is -1.09. The summed E-state index contributed by atoms with van der Waals surface area (Å²) in [7, 11) is 0. The van der Waals surface area contributed by atoms with Gasteiger partial charge in [0.15, 0.2) is 0 Å². The highest BCUT2D eigenvalue weighted by molar-refractivity contribution is 6.05. The molecule has 1 atom stereocenters. The van der Waals surface area contributed by atoms with Gasteiger partial charge in [-0.15, -0.1) is 0 Å². The van der Waals surface area contributed by atoms with Crippen LogP contribution in [0.2, 0.25) is 0 Å². The van der Waals surface area contributed by atoms with Gasteiger partial charge in [-0.1, -0.05) is 26.8 Å². The smallest absolute Gasteiger partial charge is 0.254 e. The minimum Gasteiger partial charge on any atom is -0.333 e. The lowest BCUT2D eigenvalue weighted by molar-refractivity contribution is 0.0869. The van der Waals surface area contributed by atoms with E-state index in [1.807, 2.05) is 20.8 Å². The number of rotatable bonds is 2. The van der Waals surface area contributed by atoms with Gasteiger partial charge in [0, 0.05) is 11.6 Å². The summed E-state index contributed by atoms with van der Waals surface area (Å²) in [5.74, 6) is -1.03. The van der Waals surface area contributed by atoms with E-state index in [1.165, 1.54) is 6.07 Å². The van der Waals surface area contributed by atoms with Crippen molar-refractivity contribution in [3.63, 3.8) is 0 Å². The van der Waals surface area contributed by atoms with Crippen molar-refractivity contribution in [2.75, 3.05) is 0 Å². The zero-order chi connectivity index (χ0) is 16.5. The first-order valence-electron chi connectivity index (χ1n) is 6.96. The SMILES string of the molecule is CC(C)(C)[C@](C)(C#N)NC(=O)c1cc(F)cc2cccnc12. The van der Waals surface area contributed by atoms with E-state index in [1.54, 1.807) is 25.3 Å². The van der Waals surface area contributed by atoms with Crippen LogP contribution in [0.3, 0.4) is 0 Å². The molecule has 114 valence electrons. The summed E-state index contributed by atoms with van der Waals surface area (Å²) in [4.78, 5) is 16.7. The second-order valence-electron chi connectivity index (χ2n) is 6.47. The fourth-order valence-corrected chi connectivity index (χ4v) is 2.01. The van der Waals surface area contributed by atoms with Crippen LogP contribution in [0.5, 0.6) is 0 Å². The summed E-state index contributed by atoms with van der Waals surface area (Å²) >= 11 is 0. The molecule has 0 unspecified atom stereocenters. The Kier molecular flexibility index (Phi) is 3.89. The molecular weight excluding hydrogens is 281 g/mol. The number of nitrogens with zero attached hydrogens (tertiary/aromatic N) is 2. The number of carbonyl (C=O) groups is 1. The van der Waals surface area contributed by atoms with Crippen molar-refractivity contribution in [2.45, 2.75) is 33.2 Å². The second-order valence-corrected chi connectivity index (χ2v) is 6.47. The molecule has 0 saturated carbocycles. The largest absolute Gasteiger partial charge is 0.333 e. The Morgan fingerprint density at radius 2 is 2.00 bits per heavy atom. The average Bonchev–Trinajstić information content (AvgIpc) is 2.44. The van der Waals surface area contributed by atoms with Gasteiger partial charge in [-0.2, -0.15) is 5.26 Å². The number of hydrogen-bond acceptors (Lipinski definition) is 3. The minimum absolute atomic E-state index is 0.126. The van der Waals surface area contributed by atoms with Crippen molar-refractivity contribution in [3.8, 4) is 6.07 Å². The fourth-order valence-electron chi connectivity index (χ4n) is 2.01. The van der Waals surface area contributed by atoms with Gasteiger partial charge in [-0.05, 0) is 30.5 Å². The van der Waals surface area contributed by atoms with Gasteiger partial charge in [0.1, 0.15) is 11.4 Å². The summed E-state index contributed by atoms with van der Waals surface area (Å²) in [6.07, 6.45) is 1.55. The number of nitriles is 1. The topological polar surface area (TPSA) is 65.8 Å². The summed E-state index contributed by atoms with van der Waals surface area (Å²) < 4.78 is 13.7. The zero-order valence-electron chi connectivity index (χ0n) is 13.1. The number of pyridine rings is 1. The molecule has 1 heterocycles. The molecule has 0 aliphatic carbocycles. The number of aromatic nitrogens is 1. The average molecular weight is 299 g/mol. The number of benzene rings is 1. The lowest BCUT2D eigenvalue weighted by atomic mass is 9.75. The summed E-state index contributed by atoms with van der Waals surface area (Å²) in [6.45, 7) is 7.23. The second kappa shape index (κ2) is 5.38. The Morgan fingerprint density at radius 3 is 2.59 bits per heavy atom. The summed E-state index contributed by atoms with van der Waals surface area (Å²) in [5, 5.41) is 12.7. The number of fused-ring (bicyclic) bond motifs is 1. The van der Waals surface area contributed by atoms with Crippen molar-refractivity contribution in [3.05, 3.63) is 41.8 Å². The molecule has 1 N–H and O–H groups in total. The lowest BCUT2D eigenvalue weighted by Gasteiger charge is -2.36. The number of nitrogens with one attached hydrogen (secondary N) is 1. The van der Waals surface area contributed by atoms with Gasteiger partial charge in [-0.25, -0.2) is 4.39 Å². The van der Waals surface area contributed by atoms with E-state index >= 15 is 0 Å². The molecule has 5 heteroatoms. The van der Waals surface area contributed by atoms with Gasteiger partial charge < -0.3 is 5.32 Å². The fraction of sp³-hybridized carbons (Fsp3) is 0.353. The van der Waals surface area contributed by atoms with Crippen molar-refractivity contribution < 1.29 is 9.18 Å². The van der Waals surface area contributed by atoms with Gasteiger partial charge >= 0.3 is 0 Å². The zero-order valence-corrected chi connectivity index (χ0v) is 13.1. The van der Waals surface area contributed by atoms with Gasteiger partial charge in [0.05, 0.1) is 17.1 Å². The van der Waals surface area contributed by atoms with E-state index < -0.39 is 22.7 Å². The molecule has 0 fully saturated rings. The van der Waals surface area contributed by atoms with E-state index in [-0.39, 0.29) is 5.56 Å². The third-order valence-electron chi connectivity index (χ3n) is 4.00. The maximum Gasteiger partial charge on any atom is 0.254 e. The summed E-state index contributed by atoms with van der Waals surface area (Å²) in [6, 6.07) is 7.97. The monoisotopic (exact) mass is 299 g/mol. The first-order valence-corrected chi connectivity index (χ1v) is 6.96. The van der Waals surface area contributed by atoms with Crippen LogP contribution in [0.1, 0.15) is 38.1 Å². The molecule has 1 aromatic heterocycles. The molecule has 4 nitrogen and oxygen atoms in total. The van der Waals surface area contributed by atoms with E-state index in [4.69, 9.17) is 0 Å². The predicted molar refractivity (Wildman–Crippen MR) is 82.6 cm³/mol. The quantitative estimate of drug-likeness (QED) is 0.923. The van der Waals surface area contributed by atoms with Crippen molar-refractivity contribution in [2.24, 2.45) is 5.41 Å². The maximum atomic E-state index is 13.7. The van der Waals surface area contributed by atoms with Crippen LogP contribution in [-0.4, -0.2) is 16.4 Å². The molecule has 1 amide bonds. The van der Waals surface area contributed by atoms with Crippen molar-refractivity contribution in [1.29, 1.82) is 5.26 Å². The number of halogens is 1. The molecule has 2 rings (SSSR count). The lowest BCUT2D eigenvalue weighted by Crippen LogP contribution is -2.53. The van der Waals surface area contributed by atoms with Crippen LogP contribution in [0.15, 0.2) is 30.5 Å². The molecular formula is C17H18FN3O.